The van der Waals surface area contributed by atoms with Crippen LogP contribution in [0.15, 0.2) is 18.3 Å². The highest BCUT2D eigenvalue weighted by atomic mass is 19.3. The van der Waals surface area contributed by atoms with Gasteiger partial charge in [-0.05, 0) is 12.1 Å². The molecule has 0 spiro atoms. The van der Waals surface area contributed by atoms with Gasteiger partial charge in [0.15, 0.2) is 6.10 Å². The molecule has 0 aliphatic carbocycles. The average Bonchev–Trinajstić information content (AvgIpc) is 2.38. The quantitative estimate of drug-likeness (QED) is 0.770. The first-order valence-electron chi connectivity index (χ1n) is 4.76. The molecule has 15 heavy (non-hydrogen) atoms. The highest BCUT2D eigenvalue weighted by Crippen LogP contribution is 2.26. The number of nitrogens with zero attached hydrogens (tertiary/aromatic N) is 1. The Balaban J connectivity index is 2.25. The van der Waals surface area contributed by atoms with E-state index in [2.05, 4.69) is 10.3 Å². The van der Waals surface area contributed by atoms with E-state index in [9.17, 15) is 8.78 Å². The lowest BCUT2D eigenvalue weighted by molar-refractivity contribution is -0.0771. The van der Waals surface area contributed by atoms with Crippen LogP contribution in [0.4, 0.5) is 8.78 Å². The van der Waals surface area contributed by atoms with Crippen LogP contribution in [0.5, 0.6) is 5.75 Å². The fourth-order valence-electron chi connectivity index (χ4n) is 1.46. The van der Waals surface area contributed by atoms with E-state index in [1.54, 1.807) is 18.3 Å². The van der Waals surface area contributed by atoms with Crippen molar-refractivity contribution in [2.75, 3.05) is 6.54 Å². The zero-order chi connectivity index (χ0) is 10.9. The summed E-state index contributed by atoms with van der Waals surface area (Å²) in [6, 6.07) is 3.34. The van der Waals surface area contributed by atoms with Crippen LogP contribution in [0.2, 0.25) is 0 Å². The maximum absolute atomic E-state index is 13.1. The summed E-state index contributed by atoms with van der Waals surface area (Å²) in [4.78, 5) is 4.06. The van der Waals surface area contributed by atoms with Crippen molar-refractivity contribution in [2.45, 2.75) is 25.5 Å². The Kier molecular flexibility index (Phi) is 2.56. The summed E-state index contributed by atoms with van der Waals surface area (Å²) < 4.78 is 31.4. The van der Waals surface area contributed by atoms with Gasteiger partial charge in [0, 0.05) is 26.2 Å². The van der Waals surface area contributed by atoms with E-state index in [1.165, 1.54) is 0 Å². The number of hydrogen-bond donors (Lipinski definition) is 1. The highest BCUT2D eigenvalue weighted by molar-refractivity contribution is 5.28. The Labute approximate surface area is 86.5 Å². The zero-order valence-electron chi connectivity index (χ0n) is 8.34. The molecule has 0 amide bonds. The largest absolute Gasteiger partial charge is 0.481 e. The SMILES string of the molecule is CC(F)(F)[C@@H]1CNCc2ncccc2O1. The van der Waals surface area contributed by atoms with Crippen LogP contribution >= 0.6 is 0 Å². The summed E-state index contributed by atoms with van der Waals surface area (Å²) in [6.07, 6.45) is 0.483. The summed E-state index contributed by atoms with van der Waals surface area (Å²) in [7, 11) is 0. The Morgan fingerprint density at radius 3 is 3.13 bits per heavy atom. The van der Waals surface area contributed by atoms with E-state index in [-0.39, 0.29) is 6.54 Å². The molecule has 0 fully saturated rings. The van der Waals surface area contributed by atoms with Crippen molar-refractivity contribution >= 4 is 0 Å². The second-order valence-corrected chi connectivity index (χ2v) is 3.64. The van der Waals surface area contributed by atoms with Gasteiger partial charge in [0.1, 0.15) is 5.75 Å². The number of fused-ring (bicyclic) bond motifs is 1. The third kappa shape index (κ3) is 2.23. The molecule has 0 saturated carbocycles. The number of rotatable bonds is 1. The van der Waals surface area contributed by atoms with Crippen molar-refractivity contribution in [3.05, 3.63) is 24.0 Å². The topological polar surface area (TPSA) is 34.2 Å². The Morgan fingerprint density at radius 1 is 1.60 bits per heavy atom. The molecule has 3 nitrogen and oxygen atoms in total. The van der Waals surface area contributed by atoms with Gasteiger partial charge in [-0.3, -0.25) is 4.98 Å². The van der Waals surface area contributed by atoms with Gasteiger partial charge < -0.3 is 10.1 Å². The summed E-state index contributed by atoms with van der Waals surface area (Å²) in [6.45, 7) is 1.45. The van der Waals surface area contributed by atoms with Crippen LogP contribution in [0.3, 0.4) is 0 Å². The number of alkyl halides is 2. The normalized spacial score (nSPS) is 21.4. The van der Waals surface area contributed by atoms with Gasteiger partial charge in [-0.15, -0.1) is 0 Å². The first-order valence-corrected chi connectivity index (χ1v) is 4.76. The molecule has 0 unspecified atom stereocenters. The van der Waals surface area contributed by atoms with E-state index in [0.717, 1.165) is 6.92 Å². The van der Waals surface area contributed by atoms with E-state index in [1.807, 2.05) is 0 Å². The highest BCUT2D eigenvalue weighted by Gasteiger charge is 2.37. The molecule has 0 saturated heterocycles. The first kappa shape index (κ1) is 10.3. The van der Waals surface area contributed by atoms with Crippen molar-refractivity contribution in [1.29, 1.82) is 0 Å². The Morgan fingerprint density at radius 2 is 2.40 bits per heavy atom. The van der Waals surface area contributed by atoms with Gasteiger partial charge in [0.05, 0.1) is 5.69 Å². The van der Waals surface area contributed by atoms with E-state index in [0.29, 0.717) is 18.0 Å². The second kappa shape index (κ2) is 3.73. The van der Waals surface area contributed by atoms with Crippen LogP contribution in [0, 0.1) is 0 Å². The van der Waals surface area contributed by atoms with Crippen LogP contribution in [0.25, 0.3) is 0 Å². The van der Waals surface area contributed by atoms with E-state index < -0.39 is 12.0 Å². The molecule has 1 aromatic heterocycles. The van der Waals surface area contributed by atoms with Gasteiger partial charge in [0.2, 0.25) is 0 Å². The molecule has 0 radical (unpaired) electrons. The van der Waals surface area contributed by atoms with Gasteiger partial charge in [-0.2, -0.15) is 0 Å². The van der Waals surface area contributed by atoms with Crippen LogP contribution < -0.4 is 10.1 Å². The molecule has 0 bridgehead atoms. The number of nitrogens with one attached hydrogen (secondary N) is 1. The number of ether oxygens (including phenoxy) is 1. The number of aromatic nitrogens is 1. The molecular formula is C10H12F2N2O. The maximum atomic E-state index is 13.1. The van der Waals surface area contributed by atoms with Gasteiger partial charge in [-0.25, -0.2) is 8.78 Å². The lowest BCUT2D eigenvalue weighted by atomic mass is 10.2. The molecule has 1 aromatic rings. The van der Waals surface area contributed by atoms with Gasteiger partial charge in [0.25, 0.3) is 5.92 Å². The summed E-state index contributed by atoms with van der Waals surface area (Å²) >= 11 is 0. The predicted octanol–water partition coefficient (Wildman–Crippen LogP) is 1.59. The molecule has 1 atom stereocenters. The third-order valence-electron chi connectivity index (χ3n) is 2.31. The smallest absolute Gasteiger partial charge is 0.282 e. The fourth-order valence-corrected chi connectivity index (χ4v) is 1.46. The lowest BCUT2D eigenvalue weighted by Crippen LogP contribution is -2.42. The molecule has 2 heterocycles. The lowest BCUT2D eigenvalue weighted by Gasteiger charge is -2.22. The number of pyridine rings is 1. The maximum Gasteiger partial charge on any atom is 0.282 e. The molecule has 1 N–H and O–H groups in total. The molecule has 82 valence electrons. The van der Waals surface area contributed by atoms with Gasteiger partial charge >= 0.3 is 0 Å². The van der Waals surface area contributed by atoms with Crippen molar-refractivity contribution < 1.29 is 13.5 Å². The first-order chi connectivity index (χ1) is 7.07. The predicted molar refractivity (Wildman–Crippen MR) is 51.0 cm³/mol. The summed E-state index contributed by atoms with van der Waals surface area (Å²) in [5.74, 6) is -2.42. The molecule has 0 aromatic carbocycles. The van der Waals surface area contributed by atoms with Crippen molar-refractivity contribution in [3.8, 4) is 5.75 Å². The summed E-state index contributed by atoms with van der Waals surface area (Å²) in [5.41, 5.74) is 0.671. The molecular weight excluding hydrogens is 202 g/mol. The Hall–Kier alpha value is -1.23. The number of hydrogen-bond acceptors (Lipinski definition) is 3. The van der Waals surface area contributed by atoms with E-state index in [4.69, 9.17) is 4.74 Å². The fraction of sp³-hybridized carbons (Fsp3) is 0.500. The monoisotopic (exact) mass is 214 g/mol. The molecule has 5 heteroatoms. The summed E-state index contributed by atoms with van der Waals surface area (Å²) in [5, 5.41) is 2.89. The van der Waals surface area contributed by atoms with Crippen molar-refractivity contribution in [2.24, 2.45) is 0 Å². The van der Waals surface area contributed by atoms with Crippen LogP contribution in [-0.2, 0) is 6.54 Å². The minimum Gasteiger partial charge on any atom is -0.481 e. The minimum absolute atomic E-state index is 0.125. The standard InChI is InChI=1S/C10H12F2N2O/c1-10(11,12)9-6-13-5-7-8(15-9)3-2-4-14-7/h2-4,9,13H,5-6H2,1H3/t9-/m0/s1. The number of halogens is 2. The van der Waals surface area contributed by atoms with Gasteiger partial charge in [-0.1, -0.05) is 0 Å². The van der Waals surface area contributed by atoms with E-state index >= 15 is 0 Å². The minimum atomic E-state index is -2.86. The van der Waals surface area contributed by atoms with Crippen molar-refractivity contribution in [3.63, 3.8) is 0 Å². The molecule has 2 rings (SSSR count). The Bertz CT molecular complexity index is 352. The third-order valence-corrected chi connectivity index (χ3v) is 2.31. The average molecular weight is 214 g/mol. The molecule has 1 aliphatic heterocycles. The van der Waals surface area contributed by atoms with Crippen molar-refractivity contribution in [1.82, 2.24) is 10.3 Å². The molecule has 1 aliphatic rings. The van der Waals surface area contributed by atoms with Crippen LogP contribution in [-0.4, -0.2) is 23.6 Å². The second-order valence-electron chi connectivity index (χ2n) is 3.64. The zero-order valence-corrected chi connectivity index (χ0v) is 8.34. The van der Waals surface area contributed by atoms with Crippen LogP contribution in [0.1, 0.15) is 12.6 Å².